The molecule has 2 aliphatic heterocycles. The van der Waals surface area contributed by atoms with E-state index in [0.29, 0.717) is 12.3 Å². The maximum absolute atomic E-state index is 11.7. The Morgan fingerprint density at radius 3 is 3.00 bits per heavy atom. The predicted molar refractivity (Wildman–Crippen MR) is 137 cm³/mol. The smallest absolute Gasteiger partial charge is 0.228 e. The standard InChI is InChI=1S/C26H32ClN3OS/c1-17(2)7-10-22-18(3)32-29-26(22)30-12-5-4-6-19(11-13-30)8-9-20-14-21-15-25(31)28-24(21)16-23(20)27/h7,10,14,16,19H,1,4-6,8-9,11-13,15H2,2-3H3,(H,28,31)/b10-7-. The Hall–Kier alpha value is -2.11. The average molecular weight is 470 g/mol. The van der Waals surface area contributed by atoms with Crippen LogP contribution in [0.1, 0.15) is 60.6 Å². The van der Waals surface area contributed by atoms with Crippen molar-refractivity contribution < 1.29 is 4.79 Å². The van der Waals surface area contributed by atoms with Crippen molar-refractivity contribution in [3.8, 4) is 0 Å². The summed E-state index contributed by atoms with van der Waals surface area (Å²) in [6.45, 7) is 10.3. The Labute approximate surface area is 200 Å². The lowest BCUT2D eigenvalue weighted by atomic mass is 9.89. The van der Waals surface area contributed by atoms with Gasteiger partial charge in [0, 0.05) is 34.2 Å². The first-order chi connectivity index (χ1) is 15.4. The second kappa shape index (κ2) is 10.2. The summed E-state index contributed by atoms with van der Waals surface area (Å²) in [6, 6.07) is 4.05. The van der Waals surface area contributed by atoms with Gasteiger partial charge in [0.25, 0.3) is 0 Å². The molecule has 4 nitrogen and oxygen atoms in total. The normalized spacial score (nSPS) is 19.0. The van der Waals surface area contributed by atoms with Crippen LogP contribution in [0.2, 0.25) is 5.02 Å². The van der Waals surface area contributed by atoms with Gasteiger partial charge in [-0.1, -0.05) is 48.7 Å². The fourth-order valence-corrected chi connectivity index (χ4v) is 5.65. The molecule has 170 valence electrons. The number of amides is 1. The van der Waals surface area contributed by atoms with Gasteiger partial charge in [-0.3, -0.25) is 4.79 Å². The molecule has 0 bridgehead atoms. The quantitative estimate of drug-likeness (QED) is 0.472. The maximum Gasteiger partial charge on any atom is 0.228 e. The molecule has 2 aliphatic rings. The number of anilines is 2. The molecule has 4 rings (SSSR count). The molecule has 1 fully saturated rings. The van der Waals surface area contributed by atoms with Crippen molar-refractivity contribution >= 4 is 46.6 Å². The van der Waals surface area contributed by atoms with Crippen molar-refractivity contribution in [1.29, 1.82) is 0 Å². The average Bonchev–Trinajstić information content (AvgIpc) is 3.26. The van der Waals surface area contributed by atoms with E-state index >= 15 is 0 Å². The Bertz CT molecular complexity index is 1040. The Morgan fingerprint density at radius 1 is 1.34 bits per heavy atom. The minimum Gasteiger partial charge on any atom is -0.355 e. The van der Waals surface area contributed by atoms with Gasteiger partial charge in [0.15, 0.2) is 0 Å². The zero-order chi connectivity index (χ0) is 22.7. The van der Waals surface area contributed by atoms with Crippen LogP contribution in [0.5, 0.6) is 0 Å². The molecule has 32 heavy (non-hydrogen) atoms. The number of aryl methyl sites for hydroxylation is 2. The van der Waals surface area contributed by atoms with E-state index in [1.165, 1.54) is 41.7 Å². The first-order valence-electron chi connectivity index (χ1n) is 11.6. The van der Waals surface area contributed by atoms with Crippen molar-refractivity contribution in [3.63, 3.8) is 0 Å². The third kappa shape index (κ3) is 5.44. The zero-order valence-electron chi connectivity index (χ0n) is 19.0. The summed E-state index contributed by atoms with van der Waals surface area (Å²) in [6.07, 6.45) is 11.7. The fraction of sp³-hybridized carbons (Fsp3) is 0.462. The number of hydrogen-bond donors (Lipinski definition) is 1. The molecule has 3 heterocycles. The summed E-state index contributed by atoms with van der Waals surface area (Å²) in [7, 11) is 0. The van der Waals surface area contributed by atoms with Crippen molar-refractivity contribution in [3.05, 3.63) is 57.0 Å². The van der Waals surface area contributed by atoms with E-state index in [0.717, 1.165) is 53.6 Å². The summed E-state index contributed by atoms with van der Waals surface area (Å²) in [5, 5.41) is 3.65. The molecular weight excluding hydrogens is 438 g/mol. The lowest BCUT2D eigenvalue weighted by Crippen LogP contribution is -2.30. The van der Waals surface area contributed by atoms with Crippen LogP contribution in [0.15, 0.2) is 30.4 Å². The third-order valence-electron chi connectivity index (χ3n) is 6.54. The number of halogens is 1. The lowest BCUT2D eigenvalue weighted by molar-refractivity contribution is -0.115. The second-order valence-corrected chi connectivity index (χ2v) is 10.5. The van der Waals surface area contributed by atoms with E-state index in [1.54, 1.807) is 11.5 Å². The van der Waals surface area contributed by atoms with Gasteiger partial charge in [-0.2, -0.15) is 4.37 Å². The number of hydrogen-bond acceptors (Lipinski definition) is 4. The van der Waals surface area contributed by atoms with Crippen molar-refractivity contribution in [2.75, 3.05) is 23.3 Å². The van der Waals surface area contributed by atoms with Gasteiger partial charge < -0.3 is 10.2 Å². The summed E-state index contributed by atoms with van der Waals surface area (Å²) in [5.41, 5.74) is 5.42. The van der Waals surface area contributed by atoms with Crippen LogP contribution >= 0.6 is 23.1 Å². The number of rotatable bonds is 6. The van der Waals surface area contributed by atoms with Crippen LogP contribution in [0.3, 0.4) is 0 Å². The predicted octanol–water partition coefficient (Wildman–Crippen LogP) is 6.82. The van der Waals surface area contributed by atoms with E-state index in [-0.39, 0.29) is 5.91 Å². The number of nitrogens with one attached hydrogen (secondary N) is 1. The molecule has 1 N–H and O–H groups in total. The van der Waals surface area contributed by atoms with Crippen LogP contribution in [0.4, 0.5) is 11.5 Å². The van der Waals surface area contributed by atoms with Crippen LogP contribution in [-0.2, 0) is 17.6 Å². The largest absolute Gasteiger partial charge is 0.355 e. The van der Waals surface area contributed by atoms with Crippen molar-refractivity contribution in [1.82, 2.24) is 4.37 Å². The number of allylic oxidation sites excluding steroid dienone is 2. The van der Waals surface area contributed by atoms with E-state index in [1.807, 2.05) is 13.0 Å². The molecule has 1 amide bonds. The summed E-state index contributed by atoms with van der Waals surface area (Å²) in [5.74, 6) is 1.86. The molecule has 1 aromatic carbocycles. The molecule has 6 heteroatoms. The SMILES string of the molecule is C=C(C)/C=C\c1c(N2CCCCC(CCc3cc4c(cc3Cl)NC(=O)C4)CC2)nsc1C. The molecule has 1 aromatic heterocycles. The van der Waals surface area contributed by atoms with Gasteiger partial charge in [-0.15, -0.1) is 0 Å². The number of carbonyl (C=O) groups is 1. The van der Waals surface area contributed by atoms with Gasteiger partial charge in [0.2, 0.25) is 5.91 Å². The number of carbonyl (C=O) groups excluding carboxylic acids is 1. The van der Waals surface area contributed by atoms with Gasteiger partial charge in [-0.25, -0.2) is 0 Å². The maximum atomic E-state index is 11.7. The van der Waals surface area contributed by atoms with E-state index < -0.39 is 0 Å². The van der Waals surface area contributed by atoms with Crippen LogP contribution < -0.4 is 10.2 Å². The molecule has 0 spiro atoms. The first kappa shape index (κ1) is 23.1. The Morgan fingerprint density at radius 2 is 2.19 bits per heavy atom. The minimum absolute atomic E-state index is 0.0584. The summed E-state index contributed by atoms with van der Waals surface area (Å²) < 4.78 is 4.79. The second-order valence-electron chi connectivity index (χ2n) is 9.16. The lowest BCUT2D eigenvalue weighted by Gasteiger charge is -2.29. The minimum atomic E-state index is 0.0584. The molecule has 1 unspecified atom stereocenters. The monoisotopic (exact) mass is 469 g/mol. The van der Waals surface area contributed by atoms with Crippen LogP contribution in [-0.4, -0.2) is 23.4 Å². The van der Waals surface area contributed by atoms with Crippen molar-refractivity contribution in [2.45, 2.75) is 58.8 Å². The Balaban J connectivity index is 1.40. The molecule has 0 radical (unpaired) electrons. The topological polar surface area (TPSA) is 45.2 Å². The molecular formula is C26H32ClN3OS. The van der Waals surface area contributed by atoms with Gasteiger partial charge in [0.1, 0.15) is 5.82 Å². The highest BCUT2D eigenvalue weighted by Crippen LogP contribution is 2.33. The number of nitrogens with zero attached hydrogens (tertiary/aromatic N) is 2. The van der Waals surface area contributed by atoms with Gasteiger partial charge >= 0.3 is 0 Å². The van der Waals surface area contributed by atoms with E-state index in [9.17, 15) is 4.79 Å². The number of benzene rings is 1. The third-order valence-corrected chi connectivity index (χ3v) is 7.65. The number of fused-ring (bicyclic) bond motifs is 1. The van der Waals surface area contributed by atoms with Crippen LogP contribution in [0, 0.1) is 12.8 Å². The molecule has 0 aliphatic carbocycles. The molecule has 0 saturated carbocycles. The van der Waals surface area contributed by atoms with Gasteiger partial charge in [-0.05, 0) is 80.3 Å². The fourth-order valence-electron chi connectivity index (χ4n) is 4.69. The number of aromatic nitrogens is 1. The first-order valence-corrected chi connectivity index (χ1v) is 12.7. The van der Waals surface area contributed by atoms with Gasteiger partial charge in [0.05, 0.1) is 6.42 Å². The van der Waals surface area contributed by atoms with Crippen LogP contribution in [0.25, 0.3) is 6.08 Å². The highest BCUT2D eigenvalue weighted by atomic mass is 35.5. The van der Waals surface area contributed by atoms with Crippen molar-refractivity contribution in [2.24, 2.45) is 5.92 Å². The highest BCUT2D eigenvalue weighted by Gasteiger charge is 2.22. The molecule has 1 saturated heterocycles. The summed E-state index contributed by atoms with van der Waals surface area (Å²) in [4.78, 5) is 15.4. The summed E-state index contributed by atoms with van der Waals surface area (Å²) >= 11 is 8.12. The highest BCUT2D eigenvalue weighted by molar-refractivity contribution is 7.06. The molecule has 1 atom stereocenters. The Kier molecular flexibility index (Phi) is 7.37. The van der Waals surface area contributed by atoms with E-state index in [2.05, 4.69) is 41.9 Å². The van der Waals surface area contributed by atoms with E-state index in [4.69, 9.17) is 16.0 Å². The molecule has 2 aromatic rings. The zero-order valence-corrected chi connectivity index (χ0v) is 20.6.